The van der Waals surface area contributed by atoms with Crippen molar-refractivity contribution in [2.45, 2.75) is 20.8 Å². The van der Waals surface area contributed by atoms with Crippen molar-refractivity contribution < 1.29 is 4.79 Å². The molecule has 12 heavy (non-hydrogen) atoms. The Labute approximate surface area is 73.4 Å². The van der Waals surface area contributed by atoms with E-state index >= 15 is 0 Å². The molecule has 0 saturated heterocycles. The van der Waals surface area contributed by atoms with Crippen LogP contribution in [0.15, 0.2) is 17.3 Å². The lowest BCUT2D eigenvalue weighted by Crippen LogP contribution is -2.27. The van der Waals surface area contributed by atoms with Crippen LogP contribution in [0.3, 0.4) is 0 Å². The first kappa shape index (κ1) is 10.9. The van der Waals surface area contributed by atoms with Crippen LogP contribution in [0.2, 0.25) is 0 Å². The molecule has 0 aliphatic rings. The first-order valence-electron chi connectivity index (χ1n) is 3.83. The maximum absolute atomic E-state index is 11.5. The number of rotatable bonds is 2. The zero-order valence-corrected chi connectivity index (χ0v) is 8.09. The fourth-order valence-corrected chi connectivity index (χ4v) is 0.727. The van der Waals surface area contributed by atoms with Crippen LogP contribution >= 0.6 is 0 Å². The van der Waals surface area contributed by atoms with Crippen molar-refractivity contribution in [1.29, 1.82) is 0 Å². The number of ketones is 1. The molecule has 0 atom stereocenters. The van der Waals surface area contributed by atoms with E-state index in [-0.39, 0.29) is 5.78 Å². The van der Waals surface area contributed by atoms with Crippen molar-refractivity contribution in [3.63, 3.8) is 0 Å². The summed E-state index contributed by atoms with van der Waals surface area (Å²) in [7, 11) is 1.58. The number of hydrogen-bond acceptors (Lipinski definition) is 3. The lowest BCUT2D eigenvalue weighted by atomic mass is 9.88. The standard InChI is InChI=1S/C9H16N2O/c1-9(2,3)8(12)7(11-4)5-6-10/h5-6H,10H2,1-4H3. The van der Waals surface area contributed by atoms with Gasteiger partial charge in [-0.15, -0.1) is 0 Å². The molecule has 0 aromatic heterocycles. The van der Waals surface area contributed by atoms with Gasteiger partial charge in [0.15, 0.2) is 5.78 Å². The van der Waals surface area contributed by atoms with Gasteiger partial charge in [0.05, 0.1) is 0 Å². The second-order valence-electron chi connectivity index (χ2n) is 3.55. The van der Waals surface area contributed by atoms with Crippen LogP contribution in [-0.4, -0.2) is 18.5 Å². The van der Waals surface area contributed by atoms with E-state index in [1.807, 2.05) is 20.8 Å². The number of nitrogens with zero attached hydrogens (tertiary/aromatic N) is 1. The molecule has 0 aromatic carbocycles. The lowest BCUT2D eigenvalue weighted by Gasteiger charge is -2.15. The van der Waals surface area contributed by atoms with E-state index < -0.39 is 5.41 Å². The summed E-state index contributed by atoms with van der Waals surface area (Å²) >= 11 is 0. The minimum Gasteiger partial charge on any atom is -0.405 e. The number of carbonyl (C=O) groups is 1. The molecule has 0 radical (unpaired) electrons. The monoisotopic (exact) mass is 168 g/mol. The first-order chi connectivity index (χ1) is 5.43. The molecule has 3 heteroatoms. The topological polar surface area (TPSA) is 55.4 Å². The normalized spacial score (nSPS) is 13.8. The first-order valence-corrected chi connectivity index (χ1v) is 3.83. The maximum atomic E-state index is 11.5. The molecule has 3 nitrogen and oxygen atoms in total. The summed E-state index contributed by atoms with van der Waals surface area (Å²) < 4.78 is 0. The molecule has 0 aliphatic heterocycles. The van der Waals surface area contributed by atoms with Crippen LogP contribution in [-0.2, 0) is 4.79 Å². The number of aliphatic imine (C=N–C) groups is 1. The van der Waals surface area contributed by atoms with Gasteiger partial charge in [-0.25, -0.2) is 0 Å². The average Bonchev–Trinajstić information content (AvgIpc) is 1.97. The highest BCUT2D eigenvalue weighted by Gasteiger charge is 2.24. The van der Waals surface area contributed by atoms with E-state index in [9.17, 15) is 4.79 Å². The second-order valence-corrected chi connectivity index (χ2v) is 3.55. The highest BCUT2D eigenvalue weighted by Crippen LogP contribution is 2.15. The van der Waals surface area contributed by atoms with Crippen molar-refractivity contribution in [3.8, 4) is 0 Å². The highest BCUT2D eigenvalue weighted by atomic mass is 16.1. The van der Waals surface area contributed by atoms with Crippen molar-refractivity contribution in [2.75, 3.05) is 7.05 Å². The third-order valence-electron chi connectivity index (χ3n) is 1.41. The molecule has 0 unspecified atom stereocenters. The highest BCUT2D eigenvalue weighted by molar-refractivity contribution is 6.45. The van der Waals surface area contributed by atoms with Crippen LogP contribution in [0.5, 0.6) is 0 Å². The Morgan fingerprint density at radius 1 is 1.42 bits per heavy atom. The van der Waals surface area contributed by atoms with Crippen molar-refractivity contribution in [2.24, 2.45) is 16.1 Å². The lowest BCUT2D eigenvalue weighted by molar-refractivity contribution is -0.119. The van der Waals surface area contributed by atoms with E-state index in [0.717, 1.165) is 0 Å². The smallest absolute Gasteiger partial charge is 0.186 e. The van der Waals surface area contributed by atoms with Gasteiger partial charge in [-0.1, -0.05) is 20.8 Å². The van der Waals surface area contributed by atoms with Crippen LogP contribution < -0.4 is 5.73 Å². The van der Waals surface area contributed by atoms with Gasteiger partial charge in [0.2, 0.25) is 0 Å². The number of Topliss-reactive ketones (excluding diaryl/α,β-unsaturated/α-hetero) is 1. The number of allylic oxidation sites excluding steroid dienone is 1. The Morgan fingerprint density at radius 2 is 1.92 bits per heavy atom. The molecule has 0 aliphatic carbocycles. The van der Waals surface area contributed by atoms with Crippen LogP contribution in [0.1, 0.15) is 20.8 Å². The van der Waals surface area contributed by atoms with Crippen LogP contribution in [0.25, 0.3) is 0 Å². The zero-order chi connectivity index (χ0) is 9.78. The Kier molecular flexibility index (Phi) is 3.67. The van der Waals surface area contributed by atoms with Crippen molar-refractivity contribution >= 4 is 11.5 Å². The van der Waals surface area contributed by atoms with E-state index in [1.165, 1.54) is 12.3 Å². The molecular weight excluding hydrogens is 152 g/mol. The summed E-state index contributed by atoms with van der Waals surface area (Å²) in [4.78, 5) is 15.4. The van der Waals surface area contributed by atoms with E-state index in [4.69, 9.17) is 5.73 Å². The van der Waals surface area contributed by atoms with Gasteiger partial charge >= 0.3 is 0 Å². The molecule has 68 valence electrons. The van der Waals surface area contributed by atoms with Crippen molar-refractivity contribution in [3.05, 3.63) is 12.3 Å². The van der Waals surface area contributed by atoms with E-state index in [2.05, 4.69) is 4.99 Å². The number of hydrogen-bond donors (Lipinski definition) is 1. The Hall–Kier alpha value is -1.12. The summed E-state index contributed by atoms with van der Waals surface area (Å²) in [5.41, 5.74) is 5.20. The zero-order valence-electron chi connectivity index (χ0n) is 8.09. The largest absolute Gasteiger partial charge is 0.405 e. The molecular formula is C9H16N2O. The Morgan fingerprint density at radius 3 is 2.17 bits per heavy atom. The van der Waals surface area contributed by atoms with Crippen LogP contribution in [0, 0.1) is 5.41 Å². The predicted molar refractivity (Wildman–Crippen MR) is 51.1 cm³/mol. The molecule has 0 rings (SSSR count). The van der Waals surface area contributed by atoms with Gasteiger partial charge in [-0.2, -0.15) is 0 Å². The molecule has 0 spiro atoms. The third-order valence-corrected chi connectivity index (χ3v) is 1.41. The summed E-state index contributed by atoms with van der Waals surface area (Å²) in [6.45, 7) is 5.56. The fourth-order valence-electron chi connectivity index (χ4n) is 0.727. The van der Waals surface area contributed by atoms with Gasteiger partial charge in [0.25, 0.3) is 0 Å². The summed E-state index contributed by atoms with van der Waals surface area (Å²) in [6, 6.07) is 0. The second kappa shape index (κ2) is 4.04. The summed E-state index contributed by atoms with van der Waals surface area (Å²) in [5.74, 6) is 0.00620. The number of nitrogens with two attached hydrogens (primary N) is 1. The quantitative estimate of drug-likeness (QED) is 0.629. The Bertz CT molecular complexity index is 221. The molecule has 0 heterocycles. The maximum Gasteiger partial charge on any atom is 0.186 e. The van der Waals surface area contributed by atoms with Gasteiger partial charge in [-0.3, -0.25) is 9.79 Å². The number of carbonyl (C=O) groups excluding carboxylic acids is 1. The Balaban J connectivity index is 4.68. The van der Waals surface area contributed by atoms with Gasteiger partial charge in [0.1, 0.15) is 5.71 Å². The summed E-state index contributed by atoms with van der Waals surface area (Å²) in [5, 5.41) is 0. The summed E-state index contributed by atoms with van der Waals surface area (Å²) in [6.07, 6.45) is 2.85. The minimum absolute atomic E-state index is 0.00620. The molecule has 0 aromatic rings. The van der Waals surface area contributed by atoms with E-state index in [0.29, 0.717) is 5.71 Å². The van der Waals surface area contributed by atoms with Gasteiger partial charge in [-0.05, 0) is 12.3 Å². The van der Waals surface area contributed by atoms with E-state index in [1.54, 1.807) is 7.05 Å². The van der Waals surface area contributed by atoms with Crippen LogP contribution in [0.4, 0.5) is 0 Å². The van der Waals surface area contributed by atoms with Gasteiger partial charge in [0, 0.05) is 12.5 Å². The molecule has 0 bridgehead atoms. The fraction of sp³-hybridized carbons (Fsp3) is 0.556. The average molecular weight is 168 g/mol. The molecule has 0 amide bonds. The predicted octanol–water partition coefficient (Wildman–Crippen LogP) is 1.14. The van der Waals surface area contributed by atoms with Gasteiger partial charge < -0.3 is 5.73 Å². The third kappa shape index (κ3) is 2.86. The molecule has 0 fully saturated rings. The van der Waals surface area contributed by atoms with Crippen molar-refractivity contribution in [1.82, 2.24) is 0 Å². The minimum atomic E-state index is -0.394. The molecule has 2 N–H and O–H groups in total. The molecule has 0 saturated carbocycles. The SMILES string of the molecule is CN=C(C=CN)C(=O)C(C)(C)C.